The highest BCUT2D eigenvalue weighted by Crippen LogP contribution is 2.33. The van der Waals surface area contributed by atoms with E-state index in [4.69, 9.17) is 9.57 Å². The van der Waals surface area contributed by atoms with Crippen LogP contribution >= 0.6 is 0 Å². The van der Waals surface area contributed by atoms with Gasteiger partial charge in [-0.1, -0.05) is 42.0 Å². The minimum atomic E-state index is -4.74. The number of carbonyl (C=O) groups excluding carboxylic acids is 4. The molecule has 3 aromatic carbocycles. The maximum Gasteiger partial charge on any atom is 0.435 e. The Labute approximate surface area is 312 Å². The minimum absolute atomic E-state index is 0.0606. The van der Waals surface area contributed by atoms with Gasteiger partial charge in [-0.05, 0) is 63.2 Å². The number of hydrogen-bond acceptors (Lipinski definition) is 11. The molecule has 0 fully saturated rings. The van der Waals surface area contributed by atoms with Crippen LogP contribution in [0.15, 0.2) is 89.0 Å². The second-order valence-electron chi connectivity index (χ2n) is 12.0. The predicted molar refractivity (Wildman–Crippen MR) is 185 cm³/mol. The number of alkyl halides is 3. The molecule has 0 radical (unpaired) electrons. The standard InChI is InChI=1S/C35H34F3N7O9S/c1-4-42(45(50)41-54-23(3)43-33(48)27-7-5-6-8-28(27)34(43)49)19-20-53-32(47)18-17-31(46)40-55(51,52)26-15-13-25(14-16-26)44-29(21-30(39-44)35(36,37)38)24-11-9-22(2)10-12-24/h5-16,21,23H,4,17-20H2,1-3H3,(H,40,46)/b45-41-. The lowest BCUT2D eigenvalue weighted by Crippen LogP contribution is -2.40. The van der Waals surface area contributed by atoms with Gasteiger partial charge in [0, 0.05) is 12.0 Å². The van der Waals surface area contributed by atoms with Crippen molar-refractivity contribution in [2.75, 3.05) is 19.7 Å². The molecule has 16 nitrogen and oxygen atoms in total. The van der Waals surface area contributed by atoms with Gasteiger partial charge in [0.25, 0.3) is 21.8 Å². The number of amides is 3. The maximum absolute atomic E-state index is 13.5. The van der Waals surface area contributed by atoms with Crippen LogP contribution in [-0.2, 0) is 35.4 Å². The largest absolute Gasteiger partial charge is 0.569 e. The summed E-state index contributed by atoms with van der Waals surface area (Å²) in [6.45, 7) is 4.37. The molecule has 20 heteroatoms. The van der Waals surface area contributed by atoms with Crippen molar-refractivity contribution < 1.29 is 55.3 Å². The van der Waals surface area contributed by atoms with Crippen molar-refractivity contribution in [3.63, 3.8) is 0 Å². The fourth-order valence-electron chi connectivity index (χ4n) is 5.34. The molecule has 1 unspecified atom stereocenters. The number of fused-ring (bicyclic) bond motifs is 1. The number of aromatic nitrogens is 2. The van der Waals surface area contributed by atoms with Gasteiger partial charge < -0.3 is 14.8 Å². The number of ether oxygens (including phenoxy) is 1. The first kappa shape index (κ1) is 39.9. The molecule has 5 rings (SSSR count). The monoisotopic (exact) mass is 785 g/mol. The van der Waals surface area contributed by atoms with Gasteiger partial charge in [0.05, 0.1) is 45.3 Å². The Morgan fingerprint density at radius 2 is 1.62 bits per heavy atom. The molecule has 4 aromatic rings. The van der Waals surface area contributed by atoms with E-state index in [2.05, 4.69) is 10.4 Å². The van der Waals surface area contributed by atoms with Gasteiger partial charge in [0.1, 0.15) is 13.2 Å². The number of carbonyl (C=O) groups is 4. The molecule has 3 amide bonds. The topological polar surface area (TPSA) is 196 Å². The Hall–Kier alpha value is -6.31. The number of imide groups is 1. The molecule has 290 valence electrons. The average Bonchev–Trinajstić information content (AvgIpc) is 3.71. The molecule has 0 bridgehead atoms. The fraction of sp³-hybridized carbons (Fsp3) is 0.286. The summed E-state index contributed by atoms with van der Waals surface area (Å²) in [5.41, 5.74) is 0.820. The Bertz CT molecular complexity index is 2190. The molecule has 1 N–H and O–H groups in total. The Morgan fingerprint density at radius 3 is 2.20 bits per heavy atom. The van der Waals surface area contributed by atoms with Gasteiger partial charge >= 0.3 is 12.1 Å². The summed E-state index contributed by atoms with van der Waals surface area (Å²) in [7, 11) is -4.44. The number of sulfonamides is 1. The van der Waals surface area contributed by atoms with Crippen LogP contribution in [0.5, 0.6) is 0 Å². The van der Waals surface area contributed by atoms with Crippen molar-refractivity contribution >= 4 is 33.7 Å². The van der Waals surface area contributed by atoms with Crippen LogP contribution in [0, 0.1) is 12.1 Å². The first-order valence-corrected chi connectivity index (χ1v) is 18.1. The number of hydrogen-bond donors (Lipinski definition) is 1. The number of halogens is 3. The van der Waals surface area contributed by atoms with Crippen molar-refractivity contribution in [2.45, 2.75) is 50.9 Å². The first-order chi connectivity index (χ1) is 26.0. The maximum atomic E-state index is 13.5. The smallest absolute Gasteiger partial charge is 0.435 e. The molecule has 0 saturated heterocycles. The number of esters is 1. The van der Waals surface area contributed by atoms with E-state index in [0.29, 0.717) is 5.56 Å². The van der Waals surface area contributed by atoms with E-state index in [1.807, 2.05) is 11.6 Å². The van der Waals surface area contributed by atoms with E-state index in [1.54, 1.807) is 43.3 Å². The lowest BCUT2D eigenvalue weighted by molar-refractivity contribution is -0.712. The lowest BCUT2D eigenvalue weighted by Gasteiger charge is -2.20. The normalized spacial score (nSPS) is 13.7. The van der Waals surface area contributed by atoms with Gasteiger partial charge in [-0.25, -0.2) is 22.7 Å². The Morgan fingerprint density at radius 1 is 1.00 bits per heavy atom. The van der Waals surface area contributed by atoms with Gasteiger partial charge in [0.15, 0.2) is 5.69 Å². The van der Waals surface area contributed by atoms with E-state index >= 15 is 0 Å². The Balaban J connectivity index is 1.10. The second-order valence-corrected chi connectivity index (χ2v) is 13.7. The van der Waals surface area contributed by atoms with E-state index in [-0.39, 0.29) is 52.1 Å². The van der Waals surface area contributed by atoms with Crippen LogP contribution in [0.25, 0.3) is 16.9 Å². The summed E-state index contributed by atoms with van der Waals surface area (Å²) in [5.74, 6) is -3.12. The van der Waals surface area contributed by atoms with Crippen LogP contribution in [0.1, 0.15) is 58.7 Å². The van der Waals surface area contributed by atoms with E-state index in [9.17, 15) is 46.0 Å². The number of rotatable bonds is 15. The quantitative estimate of drug-likeness (QED) is 0.0574. The van der Waals surface area contributed by atoms with Gasteiger partial charge in [-0.3, -0.25) is 19.2 Å². The SMILES string of the molecule is CCN(CCOC(=O)CCC(=O)NS(=O)(=O)c1ccc(-n2nc(C(F)(F)F)cc2-c2ccc(C)cc2)cc1)/[N+]([O-])=N/OC(C)N1C(=O)c2ccccc2C1=O. The van der Waals surface area contributed by atoms with Crippen molar-refractivity contribution in [3.8, 4) is 16.9 Å². The van der Waals surface area contributed by atoms with E-state index in [0.717, 1.165) is 38.4 Å². The number of nitrogens with one attached hydrogen (secondary N) is 1. The number of likely N-dealkylation sites (N-methyl/N-ethyl adjacent to an activating group) is 1. The number of aryl methyl sites for hydroxylation is 1. The summed E-state index contributed by atoms with van der Waals surface area (Å²) in [5, 5.41) is 20.7. The third-order valence-electron chi connectivity index (χ3n) is 8.22. The second kappa shape index (κ2) is 16.4. The summed E-state index contributed by atoms with van der Waals surface area (Å²) in [6.07, 6.45) is -7.04. The summed E-state index contributed by atoms with van der Waals surface area (Å²) < 4.78 is 74.3. The molecule has 2 heterocycles. The third-order valence-corrected chi connectivity index (χ3v) is 9.61. The molecular weight excluding hydrogens is 751 g/mol. The van der Waals surface area contributed by atoms with Crippen LogP contribution < -0.4 is 4.72 Å². The number of nitrogens with zero attached hydrogens (tertiary/aromatic N) is 6. The summed E-state index contributed by atoms with van der Waals surface area (Å²) >= 11 is 0. The summed E-state index contributed by atoms with van der Waals surface area (Å²) in [4.78, 5) is 55.5. The molecule has 1 atom stereocenters. The van der Waals surface area contributed by atoms with Crippen LogP contribution in [0.4, 0.5) is 13.2 Å². The molecule has 55 heavy (non-hydrogen) atoms. The van der Waals surface area contributed by atoms with Crippen molar-refractivity contribution in [3.05, 3.63) is 106 Å². The molecule has 0 aliphatic carbocycles. The minimum Gasteiger partial charge on any atom is -0.569 e. The fourth-order valence-corrected chi connectivity index (χ4v) is 6.35. The zero-order chi connectivity index (χ0) is 40.1. The van der Waals surface area contributed by atoms with Crippen molar-refractivity contribution in [1.29, 1.82) is 0 Å². The van der Waals surface area contributed by atoms with Gasteiger partial charge in [0.2, 0.25) is 17.4 Å². The lowest BCUT2D eigenvalue weighted by atomic mass is 10.1. The first-order valence-electron chi connectivity index (χ1n) is 16.6. The highest BCUT2D eigenvalue weighted by molar-refractivity contribution is 7.90. The highest BCUT2D eigenvalue weighted by Gasteiger charge is 2.40. The van der Waals surface area contributed by atoms with Crippen LogP contribution in [-0.4, -0.2) is 82.7 Å². The van der Waals surface area contributed by atoms with Crippen molar-refractivity contribution in [1.82, 2.24) is 24.4 Å². The third kappa shape index (κ3) is 9.26. The van der Waals surface area contributed by atoms with E-state index in [1.165, 1.54) is 31.2 Å². The van der Waals surface area contributed by atoms with Crippen LogP contribution in [0.3, 0.4) is 0 Å². The summed E-state index contributed by atoms with van der Waals surface area (Å²) in [6, 6.07) is 18.4. The molecule has 0 spiro atoms. The zero-order valence-corrected chi connectivity index (χ0v) is 30.3. The molecule has 1 aromatic heterocycles. The zero-order valence-electron chi connectivity index (χ0n) is 29.5. The van der Waals surface area contributed by atoms with Gasteiger partial charge in [-0.15, -0.1) is 5.01 Å². The predicted octanol–water partition coefficient (Wildman–Crippen LogP) is 4.77. The van der Waals surface area contributed by atoms with Gasteiger partial charge in [-0.2, -0.15) is 18.3 Å². The van der Waals surface area contributed by atoms with Crippen molar-refractivity contribution in [2.24, 2.45) is 5.28 Å². The molecule has 0 saturated carbocycles. The average molecular weight is 786 g/mol. The Kier molecular flexibility index (Phi) is 11.9. The number of benzene rings is 3. The van der Waals surface area contributed by atoms with E-state index < -0.39 is 64.7 Å². The molecular formula is C35H34F3N7O9S. The molecule has 1 aliphatic heterocycles. The molecule has 1 aliphatic rings. The number of hydrazine groups is 1. The van der Waals surface area contributed by atoms with Crippen LogP contribution in [0.2, 0.25) is 0 Å². The highest BCUT2D eigenvalue weighted by atomic mass is 32.2.